The fraction of sp³-hybridized carbons (Fsp3) is 0.118. The van der Waals surface area contributed by atoms with Gasteiger partial charge in [0.25, 0.3) is 10.0 Å². The molecule has 26 heavy (non-hydrogen) atoms. The van der Waals surface area contributed by atoms with Crippen LogP contribution in [-0.2, 0) is 14.8 Å². The van der Waals surface area contributed by atoms with E-state index >= 15 is 0 Å². The number of nitrogens with zero attached hydrogens (tertiary/aromatic N) is 2. The third-order valence-electron chi connectivity index (χ3n) is 3.80. The Bertz CT molecular complexity index is 1030. The van der Waals surface area contributed by atoms with Gasteiger partial charge in [-0.3, -0.25) is 14.5 Å². The average Bonchev–Trinajstić information content (AvgIpc) is 2.94. The van der Waals surface area contributed by atoms with Gasteiger partial charge in [-0.25, -0.2) is 13.2 Å². The van der Waals surface area contributed by atoms with Crippen molar-refractivity contribution >= 4 is 38.9 Å². The lowest BCUT2D eigenvalue weighted by Gasteiger charge is -2.15. The summed E-state index contributed by atoms with van der Waals surface area (Å²) in [7, 11) is -4.02. The van der Waals surface area contributed by atoms with E-state index in [0.717, 1.165) is 0 Å². The van der Waals surface area contributed by atoms with Crippen LogP contribution in [0, 0.1) is 0 Å². The molecule has 8 nitrogen and oxygen atoms in total. The number of hydrogen-bond acceptors (Lipinski definition) is 6. The summed E-state index contributed by atoms with van der Waals surface area (Å²) in [5, 5.41) is 14.7. The number of aromatic carboxylic acids is 1. The number of carboxylic acid groups (broad SMARTS) is 1. The van der Waals surface area contributed by atoms with E-state index in [-0.39, 0.29) is 28.5 Å². The number of rotatable bonds is 5. The number of hydrogen-bond donors (Lipinski definition) is 2. The maximum atomic E-state index is 12.6. The minimum absolute atomic E-state index is 0.0318. The SMILES string of the molecule is CC1=NN(c2cccc(S(=O)(=O)Nc3ccccc3C(=O)O)c2)CC1=O. The maximum Gasteiger partial charge on any atom is 0.337 e. The van der Waals surface area contributed by atoms with Crippen molar-refractivity contribution < 1.29 is 23.1 Å². The fourth-order valence-corrected chi connectivity index (χ4v) is 3.56. The Morgan fingerprint density at radius 3 is 2.58 bits per heavy atom. The largest absolute Gasteiger partial charge is 0.478 e. The van der Waals surface area contributed by atoms with Gasteiger partial charge in [0.15, 0.2) is 5.78 Å². The molecule has 0 aromatic heterocycles. The number of para-hydroxylation sites is 1. The van der Waals surface area contributed by atoms with Gasteiger partial charge in [0.2, 0.25) is 0 Å². The minimum atomic E-state index is -4.02. The lowest BCUT2D eigenvalue weighted by Crippen LogP contribution is -2.19. The van der Waals surface area contributed by atoms with E-state index in [0.29, 0.717) is 11.4 Å². The molecular weight excluding hydrogens is 358 g/mol. The number of nitrogens with one attached hydrogen (secondary N) is 1. The first-order valence-electron chi connectivity index (χ1n) is 7.59. The van der Waals surface area contributed by atoms with Gasteiger partial charge < -0.3 is 5.11 Å². The van der Waals surface area contributed by atoms with Crippen LogP contribution in [0.15, 0.2) is 58.5 Å². The van der Waals surface area contributed by atoms with Crippen LogP contribution in [0.3, 0.4) is 0 Å². The summed E-state index contributed by atoms with van der Waals surface area (Å²) in [5.74, 6) is -1.37. The molecule has 134 valence electrons. The molecule has 0 spiro atoms. The second-order valence-electron chi connectivity index (χ2n) is 5.62. The quantitative estimate of drug-likeness (QED) is 0.827. The molecule has 0 amide bonds. The maximum absolute atomic E-state index is 12.6. The van der Waals surface area contributed by atoms with Gasteiger partial charge in [-0.15, -0.1) is 0 Å². The first-order valence-corrected chi connectivity index (χ1v) is 9.07. The molecule has 0 fully saturated rings. The van der Waals surface area contributed by atoms with Crippen molar-refractivity contribution in [2.75, 3.05) is 16.3 Å². The van der Waals surface area contributed by atoms with E-state index < -0.39 is 16.0 Å². The monoisotopic (exact) mass is 373 g/mol. The van der Waals surface area contributed by atoms with Crippen molar-refractivity contribution in [3.8, 4) is 0 Å². The second kappa shape index (κ2) is 6.60. The topological polar surface area (TPSA) is 116 Å². The van der Waals surface area contributed by atoms with Crippen LogP contribution < -0.4 is 9.73 Å². The Kier molecular flexibility index (Phi) is 4.47. The van der Waals surface area contributed by atoms with Gasteiger partial charge in [0, 0.05) is 0 Å². The summed E-state index contributed by atoms with van der Waals surface area (Å²) in [4.78, 5) is 22.8. The smallest absolute Gasteiger partial charge is 0.337 e. The summed E-state index contributed by atoms with van der Waals surface area (Å²) < 4.78 is 27.6. The minimum Gasteiger partial charge on any atom is -0.478 e. The number of sulfonamides is 1. The van der Waals surface area contributed by atoms with E-state index in [1.165, 1.54) is 47.5 Å². The van der Waals surface area contributed by atoms with E-state index in [2.05, 4.69) is 9.82 Å². The molecule has 0 saturated heterocycles. The van der Waals surface area contributed by atoms with Crippen molar-refractivity contribution in [3.05, 3.63) is 54.1 Å². The number of hydrazone groups is 1. The summed E-state index contributed by atoms with van der Waals surface area (Å²) in [5.41, 5.74) is 0.615. The highest BCUT2D eigenvalue weighted by Crippen LogP contribution is 2.25. The van der Waals surface area contributed by atoms with Crippen molar-refractivity contribution in [1.82, 2.24) is 0 Å². The highest BCUT2D eigenvalue weighted by molar-refractivity contribution is 7.92. The molecule has 0 saturated carbocycles. The molecule has 1 aliphatic heterocycles. The van der Waals surface area contributed by atoms with Gasteiger partial charge in [-0.1, -0.05) is 18.2 Å². The van der Waals surface area contributed by atoms with E-state index in [4.69, 9.17) is 0 Å². The lowest BCUT2D eigenvalue weighted by atomic mass is 10.2. The zero-order valence-corrected chi connectivity index (χ0v) is 14.5. The molecule has 2 aromatic rings. The predicted molar refractivity (Wildman–Crippen MR) is 96.1 cm³/mol. The number of carbonyl (C=O) groups excluding carboxylic acids is 1. The molecule has 1 aliphatic rings. The number of benzene rings is 2. The molecule has 9 heteroatoms. The zero-order chi connectivity index (χ0) is 18.9. The van der Waals surface area contributed by atoms with Crippen molar-refractivity contribution in [2.24, 2.45) is 5.10 Å². The predicted octanol–water partition coefficient (Wildman–Crippen LogP) is 1.95. The summed E-state index contributed by atoms with van der Waals surface area (Å²) >= 11 is 0. The summed E-state index contributed by atoms with van der Waals surface area (Å²) in [6.07, 6.45) is 0. The standard InChI is InChI=1S/C17H15N3O5S/c1-11-16(21)10-20(18-11)12-5-4-6-13(9-12)26(24,25)19-15-8-3-2-7-14(15)17(22)23/h2-9,19H,10H2,1H3,(H,22,23). The number of anilines is 2. The third kappa shape index (κ3) is 3.42. The van der Waals surface area contributed by atoms with Crippen LogP contribution in [0.2, 0.25) is 0 Å². The number of Topliss-reactive ketones (excluding diaryl/α,β-unsaturated/α-hetero) is 1. The Balaban J connectivity index is 1.93. The third-order valence-corrected chi connectivity index (χ3v) is 5.16. The van der Waals surface area contributed by atoms with Gasteiger partial charge in [-0.05, 0) is 37.3 Å². The molecule has 0 aliphatic carbocycles. The number of carbonyl (C=O) groups is 2. The Morgan fingerprint density at radius 1 is 1.19 bits per heavy atom. The van der Waals surface area contributed by atoms with Gasteiger partial charge >= 0.3 is 5.97 Å². The van der Waals surface area contributed by atoms with E-state index in [9.17, 15) is 23.1 Å². The van der Waals surface area contributed by atoms with E-state index in [1.54, 1.807) is 13.0 Å². The normalized spacial score (nSPS) is 14.3. The van der Waals surface area contributed by atoms with Crippen molar-refractivity contribution in [2.45, 2.75) is 11.8 Å². The van der Waals surface area contributed by atoms with Crippen molar-refractivity contribution in [3.63, 3.8) is 0 Å². The number of ketones is 1. The van der Waals surface area contributed by atoms with Gasteiger partial charge in [0.1, 0.15) is 12.3 Å². The van der Waals surface area contributed by atoms with Crippen molar-refractivity contribution in [1.29, 1.82) is 0 Å². The molecular formula is C17H15N3O5S. The Hall–Kier alpha value is -3.20. The Morgan fingerprint density at radius 2 is 1.92 bits per heavy atom. The molecule has 0 radical (unpaired) electrons. The van der Waals surface area contributed by atoms with Crippen LogP contribution in [0.5, 0.6) is 0 Å². The van der Waals surface area contributed by atoms with Crippen LogP contribution in [0.4, 0.5) is 11.4 Å². The average molecular weight is 373 g/mol. The number of carboxylic acids is 1. The van der Waals surface area contributed by atoms with E-state index in [1.807, 2.05) is 0 Å². The highest BCUT2D eigenvalue weighted by Gasteiger charge is 2.23. The van der Waals surface area contributed by atoms with Gasteiger partial charge in [-0.2, -0.15) is 5.10 Å². The summed E-state index contributed by atoms with van der Waals surface area (Å²) in [6.45, 7) is 1.64. The zero-order valence-electron chi connectivity index (χ0n) is 13.7. The first kappa shape index (κ1) is 17.6. The molecule has 0 unspecified atom stereocenters. The first-order chi connectivity index (χ1) is 12.3. The van der Waals surface area contributed by atoms with Crippen LogP contribution in [0.1, 0.15) is 17.3 Å². The van der Waals surface area contributed by atoms with Crippen LogP contribution in [-0.4, -0.2) is 37.5 Å². The highest BCUT2D eigenvalue weighted by atomic mass is 32.2. The lowest BCUT2D eigenvalue weighted by molar-refractivity contribution is -0.111. The molecule has 0 atom stereocenters. The van der Waals surface area contributed by atoms with Crippen LogP contribution >= 0.6 is 0 Å². The molecule has 2 aromatic carbocycles. The summed E-state index contributed by atoms with van der Waals surface area (Å²) in [6, 6.07) is 11.6. The Labute approximate surface area is 149 Å². The molecule has 1 heterocycles. The molecule has 3 rings (SSSR count). The van der Waals surface area contributed by atoms with Crippen LogP contribution in [0.25, 0.3) is 0 Å². The molecule has 0 bridgehead atoms. The van der Waals surface area contributed by atoms with Gasteiger partial charge in [0.05, 0.1) is 21.8 Å². The fourth-order valence-electron chi connectivity index (χ4n) is 2.45. The second-order valence-corrected chi connectivity index (χ2v) is 7.30. The molecule has 2 N–H and O–H groups in total.